The van der Waals surface area contributed by atoms with E-state index in [0.29, 0.717) is 41.4 Å². The minimum atomic E-state index is -0.560. The summed E-state index contributed by atoms with van der Waals surface area (Å²) in [5.74, 6) is -0.480. The summed E-state index contributed by atoms with van der Waals surface area (Å²) >= 11 is 1.28. The molecule has 0 saturated heterocycles. The molecule has 3 aromatic rings. The standard InChI is InChI=1S/C20H24N6O3S.ClH/c1-4-26-14(9-12(2)24-26)19(28)23-20-25(8-6-5-7-21)17-15(29-3)10-13(18(22)27)11-16(17)30-20;/h5-6,9-11H,4,7-8,21H2,1-3H3,(H2,22,27);1H/b6-5+,23-20-;. The van der Waals surface area contributed by atoms with Crippen LogP contribution in [0.2, 0.25) is 0 Å². The predicted molar refractivity (Wildman–Crippen MR) is 123 cm³/mol. The molecule has 0 unspecified atom stereocenters. The molecular weight excluding hydrogens is 440 g/mol. The lowest BCUT2D eigenvalue weighted by Crippen LogP contribution is -2.18. The predicted octanol–water partition coefficient (Wildman–Crippen LogP) is 2.01. The molecule has 166 valence electrons. The van der Waals surface area contributed by atoms with Crippen molar-refractivity contribution in [2.24, 2.45) is 16.5 Å². The Morgan fingerprint density at radius 2 is 2.03 bits per heavy atom. The van der Waals surface area contributed by atoms with Crippen LogP contribution in [-0.4, -0.2) is 39.8 Å². The molecule has 0 aliphatic carbocycles. The number of carbonyl (C=O) groups is 2. The van der Waals surface area contributed by atoms with Crippen LogP contribution in [0.4, 0.5) is 0 Å². The molecule has 0 spiro atoms. The highest BCUT2D eigenvalue weighted by molar-refractivity contribution is 7.16. The average molecular weight is 465 g/mol. The number of thiazole rings is 1. The fraction of sp³-hybridized carbons (Fsp3) is 0.300. The van der Waals surface area contributed by atoms with Gasteiger partial charge in [0.2, 0.25) is 5.91 Å². The van der Waals surface area contributed by atoms with Gasteiger partial charge in [0.1, 0.15) is 17.0 Å². The lowest BCUT2D eigenvalue weighted by molar-refractivity contribution is 0.0983. The zero-order valence-corrected chi connectivity index (χ0v) is 19.1. The number of nitrogens with zero attached hydrogens (tertiary/aromatic N) is 4. The maximum absolute atomic E-state index is 12.9. The van der Waals surface area contributed by atoms with E-state index in [2.05, 4.69) is 10.1 Å². The summed E-state index contributed by atoms with van der Waals surface area (Å²) in [6.07, 6.45) is 3.71. The van der Waals surface area contributed by atoms with E-state index in [1.807, 2.05) is 30.6 Å². The first kappa shape index (κ1) is 24.3. The Morgan fingerprint density at radius 1 is 1.29 bits per heavy atom. The van der Waals surface area contributed by atoms with Crippen molar-refractivity contribution in [1.82, 2.24) is 14.3 Å². The van der Waals surface area contributed by atoms with Crippen LogP contribution in [0.25, 0.3) is 10.2 Å². The summed E-state index contributed by atoms with van der Waals surface area (Å²) in [6.45, 7) is 5.13. The summed E-state index contributed by atoms with van der Waals surface area (Å²) in [6, 6.07) is 4.98. The van der Waals surface area contributed by atoms with Crippen LogP contribution < -0.4 is 21.0 Å². The summed E-state index contributed by atoms with van der Waals surface area (Å²) in [5.41, 5.74) is 13.2. The van der Waals surface area contributed by atoms with E-state index in [0.717, 1.165) is 15.9 Å². The molecule has 0 atom stereocenters. The van der Waals surface area contributed by atoms with Crippen molar-refractivity contribution in [3.8, 4) is 5.75 Å². The number of allylic oxidation sites excluding steroid dienone is 1. The van der Waals surface area contributed by atoms with Crippen molar-refractivity contribution in [3.63, 3.8) is 0 Å². The van der Waals surface area contributed by atoms with Crippen molar-refractivity contribution in [2.45, 2.75) is 26.9 Å². The Balaban J connectivity index is 0.00000341. The second-order valence-electron chi connectivity index (χ2n) is 6.50. The van der Waals surface area contributed by atoms with E-state index in [9.17, 15) is 9.59 Å². The van der Waals surface area contributed by atoms with E-state index in [-0.39, 0.29) is 12.4 Å². The molecule has 4 N–H and O–H groups in total. The van der Waals surface area contributed by atoms with Gasteiger partial charge in [-0.1, -0.05) is 23.5 Å². The van der Waals surface area contributed by atoms with E-state index < -0.39 is 11.8 Å². The Kier molecular flexibility index (Phi) is 8.14. The number of hydrogen-bond donors (Lipinski definition) is 2. The third-order valence-electron chi connectivity index (χ3n) is 4.46. The largest absolute Gasteiger partial charge is 0.494 e. The second-order valence-corrected chi connectivity index (χ2v) is 7.50. The molecule has 0 radical (unpaired) electrons. The summed E-state index contributed by atoms with van der Waals surface area (Å²) in [4.78, 5) is 29.5. The number of primary amides is 1. The lowest BCUT2D eigenvalue weighted by Gasteiger charge is -2.08. The smallest absolute Gasteiger partial charge is 0.297 e. The molecule has 11 heteroatoms. The van der Waals surface area contributed by atoms with E-state index >= 15 is 0 Å². The molecular formula is C20H25ClN6O3S. The van der Waals surface area contributed by atoms with Crippen LogP contribution in [0.1, 0.15) is 33.5 Å². The number of amides is 2. The maximum atomic E-state index is 12.9. The van der Waals surface area contributed by atoms with Gasteiger partial charge in [0.25, 0.3) is 5.91 Å². The SMILES string of the molecule is CCn1nc(C)cc1C(=O)/N=c1\sc2cc(C(N)=O)cc(OC)c2n1C/C=C/CN.Cl. The van der Waals surface area contributed by atoms with Crippen LogP contribution in [0.3, 0.4) is 0 Å². The summed E-state index contributed by atoms with van der Waals surface area (Å²) in [7, 11) is 1.52. The van der Waals surface area contributed by atoms with E-state index in [1.165, 1.54) is 18.4 Å². The molecule has 3 rings (SSSR count). The average Bonchev–Trinajstić information content (AvgIpc) is 3.27. The molecule has 0 aliphatic rings. The Labute approximate surface area is 189 Å². The number of halogens is 1. The van der Waals surface area contributed by atoms with Crippen molar-refractivity contribution in [2.75, 3.05) is 13.7 Å². The molecule has 2 aromatic heterocycles. The molecule has 1 aromatic carbocycles. The number of fused-ring (bicyclic) bond motifs is 1. The summed E-state index contributed by atoms with van der Waals surface area (Å²) < 4.78 is 9.71. The number of nitrogens with two attached hydrogens (primary N) is 2. The zero-order chi connectivity index (χ0) is 21.8. The third kappa shape index (κ3) is 5.04. The van der Waals surface area contributed by atoms with Gasteiger partial charge in [0, 0.05) is 25.2 Å². The molecule has 2 heterocycles. The third-order valence-corrected chi connectivity index (χ3v) is 5.48. The molecule has 0 saturated carbocycles. The number of aryl methyl sites for hydroxylation is 2. The minimum absolute atomic E-state index is 0. The van der Waals surface area contributed by atoms with E-state index in [4.69, 9.17) is 16.2 Å². The van der Waals surface area contributed by atoms with Crippen LogP contribution >= 0.6 is 23.7 Å². The van der Waals surface area contributed by atoms with Crippen LogP contribution in [0.15, 0.2) is 35.3 Å². The molecule has 0 aliphatic heterocycles. The van der Waals surface area contributed by atoms with E-state index in [1.54, 1.807) is 22.9 Å². The number of ether oxygens (including phenoxy) is 1. The molecule has 0 bridgehead atoms. The van der Waals surface area contributed by atoms with Crippen molar-refractivity contribution < 1.29 is 14.3 Å². The van der Waals surface area contributed by atoms with Gasteiger partial charge in [-0.05, 0) is 32.0 Å². The van der Waals surface area contributed by atoms with Crippen molar-refractivity contribution in [3.05, 3.63) is 52.1 Å². The number of rotatable bonds is 7. The quantitative estimate of drug-likeness (QED) is 0.516. The number of benzene rings is 1. The van der Waals surface area contributed by atoms with Gasteiger partial charge in [-0.25, -0.2) is 0 Å². The van der Waals surface area contributed by atoms with Gasteiger partial charge in [-0.3, -0.25) is 14.3 Å². The highest BCUT2D eigenvalue weighted by Gasteiger charge is 2.17. The highest BCUT2D eigenvalue weighted by Crippen LogP contribution is 2.29. The van der Waals surface area contributed by atoms with Gasteiger partial charge in [-0.2, -0.15) is 10.1 Å². The lowest BCUT2D eigenvalue weighted by atomic mass is 10.2. The Bertz CT molecular complexity index is 1210. The van der Waals surface area contributed by atoms with Gasteiger partial charge in [0.15, 0.2) is 4.80 Å². The normalized spacial score (nSPS) is 11.8. The number of methoxy groups -OCH3 is 1. The second kappa shape index (κ2) is 10.4. The Hall–Kier alpha value is -2.95. The number of hydrogen-bond acceptors (Lipinski definition) is 6. The van der Waals surface area contributed by atoms with Gasteiger partial charge in [-0.15, -0.1) is 12.4 Å². The van der Waals surface area contributed by atoms with Crippen LogP contribution in [-0.2, 0) is 13.1 Å². The molecule has 9 nitrogen and oxygen atoms in total. The monoisotopic (exact) mass is 464 g/mol. The van der Waals surface area contributed by atoms with Crippen LogP contribution in [0, 0.1) is 6.92 Å². The van der Waals surface area contributed by atoms with Gasteiger partial charge in [0.05, 0.1) is 17.5 Å². The van der Waals surface area contributed by atoms with Crippen LogP contribution in [0.5, 0.6) is 5.75 Å². The zero-order valence-electron chi connectivity index (χ0n) is 17.5. The summed E-state index contributed by atoms with van der Waals surface area (Å²) in [5, 5.41) is 4.31. The fourth-order valence-electron chi connectivity index (χ4n) is 3.10. The first-order chi connectivity index (χ1) is 14.4. The fourth-order valence-corrected chi connectivity index (χ4v) is 4.20. The maximum Gasteiger partial charge on any atom is 0.297 e. The molecule has 2 amide bonds. The molecule has 31 heavy (non-hydrogen) atoms. The first-order valence-electron chi connectivity index (χ1n) is 9.39. The number of aromatic nitrogens is 3. The first-order valence-corrected chi connectivity index (χ1v) is 10.2. The topological polar surface area (TPSA) is 131 Å². The van der Waals surface area contributed by atoms with Crippen molar-refractivity contribution in [1.29, 1.82) is 0 Å². The molecule has 0 fully saturated rings. The Morgan fingerprint density at radius 3 is 2.65 bits per heavy atom. The van der Waals surface area contributed by atoms with Crippen molar-refractivity contribution >= 4 is 45.8 Å². The highest BCUT2D eigenvalue weighted by atomic mass is 35.5. The minimum Gasteiger partial charge on any atom is -0.494 e. The van der Waals surface area contributed by atoms with Gasteiger partial charge < -0.3 is 20.8 Å². The number of carbonyl (C=O) groups excluding carboxylic acids is 2. The van der Waals surface area contributed by atoms with Gasteiger partial charge >= 0.3 is 0 Å².